The smallest absolute Gasteiger partial charge is 0.0118 e. The number of hydrogen-bond acceptors (Lipinski definition) is 0. The predicted octanol–water partition coefficient (Wildman–Crippen LogP) is 8.31. The number of benzene rings is 3. The summed E-state index contributed by atoms with van der Waals surface area (Å²) in [6.45, 7) is 4.52. The van der Waals surface area contributed by atoms with Gasteiger partial charge in [0.15, 0.2) is 0 Å². The fourth-order valence-electron chi connectivity index (χ4n) is 4.91. The van der Waals surface area contributed by atoms with E-state index in [0.717, 1.165) is 0 Å². The predicted molar refractivity (Wildman–Crippen MR) is 130 cm³/mol. The Morgan fingerprint density at radius 2 is 1.37 bits per heavy atom. The maximum Gasteiger partial charge on any atom is -0.0118 e. The van der Waals surface area contributed by atoms with E-state index in [1.807, 2.05) is 0 Å². The van der Waals surface area contributed by atoms with E-state index in [1.165, 1.54) is 85.6 Å². The van der Waals surface area contributed by atoms with Crippen LogP contribution in [0.15, 0.2) is 66.7 Å². The molecule has 0 nitrogen and oxygen atoms in total. The van der Waals surface area contributed by atoms with Crippen LogP contribution in [-0.4, -0.2) is 0 Å². The molecule has 156 valence electrons. The van der Waals surface area contributed by atoms with E-state index < -0.39 is 0 Å². The lowest BCUT2D eigenvalue weighted by Crippen LogP contribution is -2.13. The minimum absolute atomic E-state index is 0.668. The average molecular weight is 397 g/mol. The lowest BCUT2D eigenvalue weighted by atomic mass is 9.79. The molecule has 0 saturated heterocycles. The Balaban J connectivity index is 1.44. The highest BCUT2D eigenvalue weighted by Crippen LogP contribution is 2.35. The summed E-state index contributed by atoms with van der Waals surface area (Å²) in [6.07, 6.45) is 11.2. The molecule has 30 heavy (non-hydrogen) atoms. The van der Waals surface area contributed by atoms with Gasteiger partial charge in [0.05, 0.1) is 0 Å². The molecule has 1 aliphatic rings. The van der Waals surface area contributed by atoms with Crippen molar-refractivity contribution in [3.05, 3.63) is 94.5 Å². The lowest BCUT2D eigenvalue weighted by molar-refractivity contribution is 0.585. The Labute approximate surface area is 183 Å². The molecular weight excluding hydrogens is 360 g/mol. The first-order valence-corrected chi connectivity index (χ1v) is 12.1. The van der Waals surface area contributed by atoms with Crippen LogP contribution >= 0.6 is 0 Å². The van der Waals surface area contributed by atoms with Crippen molar-refractivity contribution in [1.29, 1.82) is 0 Å². The molecule has 0 heteroatoms. The zero-order valence-corrected chi connectivity index (χ0v) is 18.8. The third kappa shape index (κ3) is 5.04. The van der Waals surface area contributed by atoms with E-state index in [1.54, 1.807) is 11.1 Å². The zero-order valence-electron chi connectivity index (χ0n) is 18.8. The molecule has 3 aromatic carbocycles. The fourth-order valence-corrected chi connectivity index (χ4v) is 4.91. The van der Waals surface area contributed by atoms with Crippen LogP contribution in [0.5, 0.6) is 0 Å². The van der Waals surface area contributed by atoms with Gasteiger partial charge in [-0.05, 0) is 83.4 Å². The van der Waals surface area contributed by atoms with Gasteiger partial charge in [0.2, 0.25) is 0 Å². The molecule has 1 atom stereocenters. The second kappa shape index (κ2) is 10.1. The van der Waals surface area contributed by atoms with Crippen LogP contribution in [0, 0.1) is 0 Å². The van der Waals surface area contributed by atoms with Crippen LogP contribution in [0.4, 0.5) is 0 Å². The number of rotatable bonds is 8. The van der Waals surface area contributed by atoms with Crippen LogP contribution in [0.3, 0.4) is 0 Å². The van der Waals surface area contributed by atoms with E-state index in [-0.39, 0.29) is 0 Å². The SMILES string of the molecule is CCCCCc1ccc(-c2ccc3c(c2)CCC(c2ccc(CCC)cc2)C3)cc1. The second-order valence-corrected chi connectivity index (χ2v) is 9.07. The quantitative estimate of drug-likeness (QED) is 0.336. The summed E-state index contributed by atoms with van der Waals surface area (Å²) in [6, 6.07) is 25.8. The molecule has 3 aromatic rings. The summed E-state index contributed by atoms with van der Waals surface area (Å²) in [5.41, 5.74) is 10.3. The van der Waals surface area contributed by atoms with Crippen LogP contribution in [0.25, 0.3) is 11.1 Å². The molecule has 1 unspecified atom stereocenters. The monoisotopic (exact) mass is 396 g/mol. The van der Waals surface area contributed by atoms with Crippen LogP contribution < -0.4 is 0 Å². The van der Waals surface area contributed by atoms with E-state index in [0.29, 0.717) is 5.92 Å². The van der Waals surface area contributed by atoms with Gasteiger partial charge in [-0.15, -0.1) is 0 Å². The van der Waals surface area contributed by atoms with Gasteiger partial charge in [0.1, 0.15) is 0 Å². The number of fused-ring (bicyclic) bond motifs is 1. The van der Waals surface area contributed by atoms with Crippen molar-refractivity contribution in [2.45, 2.75) is 77.6 Å². The Morgan fingerprint density at radius 1 is 0.667 bits per heavy atom. The standard InChI is InChI=1S/C30H36/c1-3-5-6-8-24-11-15-26(16-12-24)28-18-20-29-21-27(17-19-30(29)22-28)25-13-9-23(7-4-2)10-14-25/h9-16,18,20,22,27H,3-8,17,19,21H2,1-2H3. The molecule has 0 aromatic heterocycles. The molecule has 0 saturated carbocycles. The second-order valence-electron chi connectivity index (χ2n) is 9.07. The average Bonchev–Trinajstić information content (AvgIpc) is 2.80. The Morgan fingerprint density at radius 3 is 2.10 bits per heavy atom. The fraction of sp³-hybridized carbons (Fsp3) is 0.400. The number of unbranched alkanes of at least 4 members (excludes halogenated alkanes) is 2. The van der Waals surface area contributed by atoms with Crippen molar-refractivity contribution in [1.82, 2.24) is 0 Å². The molecule has 0 spiro atoms. The van der Waals surface area contributed by atoms with E-state index in [2.05, 4.69) is 80.6 Å². The van der Waals surface area contributed by atoms with Crippen molar-refractivity contribution in [2.75, 3.05) is 0 Å². The van der Waals surface area contributed by atoms with Crippen molar-refractivity contribution >= 4 is 0 Å². The van der Waals surface area contributed by atoms with Gasteiger partial charge in [0, 0.05) is 0 Å². The summed E-state index contributed by atoms with van der Waals surface area (Å²) in [7, 11) is 0. The van der Waals surface area contributed by atoms with Gasteiger partial charge in [-0.3, -0.25) is 0 Å². The molecule has 0 amide bonds. The minimum atomic E-state index is 0.668. The Kier molecular flexibility index (Phi) is 7.05. The van der Waals surface area contributed by atoms with Gasteiger partial charge in [-0.25, -0.2) is 0 Å². The highest BCUT2D eigenvalue weighted by atomic mass is 14.2. The largest absolute Gasteiger partial charge is 0.0654 e. The Bertz CT molecular complexity index is 931. The molecule has 0 bridgehead atoms. The van der Waals surface area contributed by atoms with Gasteiger partial charge in [0.25, 0.3) is 0 Å². The topological polar surface area (TPSA) is 0 Å². The minimum Gasteiger partial charge on any atom is -0.0654 e. The first-order chi connectivity index (χ1) is 14.8. The van der Waals surface area contributed by atoms with Crippen molar-refractivity contribution < 1.29 is 0 Å². The van der Waals surface area contributed by atoms with E-state index >= 15 is 0 Å². The third-order valence-electron chi connectivity index (χ3n) is 6.78. The molecule has 0 fully saturated rings. The summed E-state index contributed by atoms with van der Waals surface area (Å²) < 4.78 is 0. The summed E-state index contributed by atoms with van der Waals surface area (Å²) in [4.78, 5) is 0. The molecule has 0 radical (unpaired) electrons. The summed E-state index contributed by atoms with van der Waals surface area (Å²) in [5.74, 6) is 0.668. The molecule has 0 N–H and O–H groups in total. The molecule has 0 aliphatic heterocycles. The van der Waals surface area contributed by atoms with Gasteiger partial charge in [-0.2, -0.15) is 0 Å². The van der Waals surface area contributed by atoms with Gasteiger partial charge < -0.3 is 0 Å². The summed E-state index contributed by atoms with van der Waals surface area (Å²) >= 11 is 0. The van der Waals surface area contributed by atoms with Crippen molar-refractivity contribution in [3.63, 3.8) is 0 Å². The third-order valence-corrected chi connectivity index (χ3v) is 6.78. The van der Waals surface area contributed by atoms with Crippen LogP contribution in [0.1, 0.15) is 79.7 Å². The van der Waals surface area contributed by atoms with Gasteiger partial charge >= 0.3 is 0 Å². The molecule has 0 heterocycles. The van der Waals surface area contributed by atoms with Crippen LogP contribution in [-0.2, 0) is 25.7 Å². The first kappa shape index (κ1) is 20.9. The zero-order chi connectivity index (χ0) is 20.8. The van der Waals surface area contributed by atoms with E-state index in [9.17, 15) is 0 Å². The molecule has 4 rings (SSSR count). The van der Waals surface area contributed by atoms with Gasteiger partial charge in [-0.1, -0.05) is 99.8 Å². The van der Waals surface area contributed by atoms with Crippen molar-refractivity contribution in [3.8, 4) is 11.1 Å². The van der Waals surface area contributed by atoms with Crippen LogP contribution in [0.2, 0.25) is 0 Å². The molecule has 1 aliphatic carbocycles. The maximum atomic E-state index is 2.45. The highest BCUT2D eigenvalue weighted by molar-refractivity contribution is 5.65. The molecular formula is C30H36. The first-order valence-electron chi connectivity index (χ1n) is 12.1. The summed E-state index contributed by atoms with van der Waals surface area (Å²) in [5, 5.41) is 0. The number of aryl methyl sites for hydroxylation is 3. The number of hydrogen-bond donors (Lipinski definition) is 0. The lowest BCUT2D eigenvalue weighted by Gasteiger charge is -2.26. The van der Waals surface area contributed by atoms with Crippen molar-refractivity contribution in [2.24, 2.45) is 0 Å². The van der Waals surface area contributed by atoms with E-state index in [4.69, 9.17) is 0 Å². The maximum absolute atomic E-state index is 2.45. The normalized spacial score (nSPS) is 15.7. The Hall–Kier alpha value is -2.34. The highest BCUT2D eigenvalue weighted by Gasteiger charge is 2.20.